The first-order valence-electron chi connectivity index (χ1n) is 10.2. The summed E-state index contributed by atoms with van der Waals surface area (Å²) in [5.74, 6) is -4.46. The van der Waals surface area contributed by atoms with Crippen LogP contribution in [0.3, 0.4) is 0 Å². The number of hydrogen-bond acceptors (Lipinski definition) is 3. The molecule has 0 unspecified atom stereocenters. The summed E-state index contributed by atoms with van der Waals surface area (Å²) in [6, 6.07) is 11.0. The average Bonchev–Trinajstić information content (AvgIpc) is 3.00. The van der Waals surface area contributed by atoms with Gasteiger partial charge >= 0.3 is 6.03 Å². The number of amides is 3. The van der Waals surface area contributed by atoms with Crippen molar-refractivity contribution in [1.29, 1.82) is 0 Å². The fraction of sp³-hybridized carbons (Fsp3) is 0.364. The number of nitrogens with zero attached hydrogens (tertiary/aromatic N) is 2. The molecule has 0 atom stereocenters. The van der Waals surface area contributed by atoms with Gasteiger partial charge < -0.3 is 15.5 Å². The van der Waals surface area contributed by atoms with Crippen molar-refractivity contribution in [3.63, 3.8) is 0 Å². The quantitative estimate of drug-likeness (QED) is 0.687. The SMILES string of the molecule is O=C(CN1CCCN(C(=O)Nc2ccc(F)c(F)c2F)CC1)NCCc1ccccc1. The van der Waals surface area contributed by atoms with Crippen molar-refractivity contribution in [2.24, 2.45) is 0 Å². The van der Waals surface area contributed by atoms with E-state index in [2.05, 4.69) is 10.6 Å². The van der Waals surface area contributed by atoms with Gasteiger partial charge in [-0.3, -0.25) is 9.69 Å². The van der Waals surface area contributed by atoms with Crippen molar-refractivity contribution in [3.05, 3.63) is 65.5 Å². The Morgan fingerprint density at radius 2 is 1.68 bits per heavy atom. The Balaban J connectivity index is 1.43. The molecule has 0 aliphatic carbocycles. The van der Waals surface area contributed by atoms with Crippen LogP contribution in [0.5, 0.6) is 0 Å². The number of rotatable bonds is 6. The van der Waals surface area contributed by atoms with Crippen molar-refractivity contribution in [2.75, 3.05) is 44.6 Å². The molecule has 3 amide bonds. The Morgan fingerprint density at radius 1 is 0.903 bits per heavy atom. The Morgan fingerprint density at radius 3 is 2.45 bits per heavy atom. The van der Waals surface area contributed by atoms with Crippen LogP contribution in [0.2, 0.25) is 0 Å². The first-order chi connectivity index (χ1) is 14.9. The molecule has 1 fully saturated rings. The van der Waals surface area contributed by atoms with Crippen molar-refractivity contribution in [2.45, 2.75) is 12.8 Å². The number of urea groups is 1. The average molecular weight is 434 g/mol. The molecule has 0 saturated carbocycles. The molecule has 0 spiro atoms. The lowest BCUT2D eigenvalue weighted by Gasteiger charge is -2.22. The van der Waals surface area contributed by atoms with Crippen LogP contribution < -0.4 is 10.6 Å². The van der Waals surface area contributed by atoms with E-state index >= 15 is 0 Å². The monoisotopic (exact) mass is 434 g/mol. The van der Waals surface area contributed by atoms with E-state index in [1.165, 1.54) is 4.90 Å². The summed E-state index contributed by atoms with van der Waals surface area (Å²) < 4.78 is 40.2. The van der Waals surface area contributed by atoms with Gasteiger partial charge in [0.1, 0.15) is 0 Å². The summed E-state index contributed by atoms with van der Waals surface area (Å²) in [6.45, 7) is 2.61. The first kappa shape index (κ1) is 22.6. The lowest BCUT2D eigenvalue weighted by molar-refractivity contribution is -0.122. The zero-order valence-corrected chi connectivity index (χ0v) is 17.0. The molecule has 0 aromatic heterocycles. The Bertz CT molecular complexity index is 911. The maximum Gasteiger partial charge on any atom is 0.321 e. The van der Waals surface area contributed by atoms with Gasteiger partial charge in [0, 0.05) is 32.7 Å². The van der Waals surface area contributed by atoms with Crippen LogP contribution >= 0.6 is 0 Å². The van der Waals surface area contributed by atoms with Gasteiger partial charge in [-0.05, 0) is 30.5 Å². The van der Waals surface area contributed by atoms with Gasteiger partial charge in [0.05, 0.1) is 12.2 Å². The van der Waals surface area contributed by atoms with E-state index in [-0.39, 0.29) is 12.5 Å². The molecule has 0 bridgehead atoms. The van der Waals surface area contributed by atoms with Gasteiger partial charge in [0.2, 0.25) is 5.91 Å². The summed E-state index contributed by atoms with van der Waals surface area (Å²) in [4.78, 5) is 28.0. The Labute approximate surface area is 179 Å². The predicted octanol–water partition coefficient (Wildman–Crippen LogP) is 3.00. The topological polar surface area (TPSA) is 64.7 Å². The number of nitrogens with one attached hydrogen (secondary N) is 2. The highest BCUT2D eigenvalue weighted by molar-refractivity contribution is 5.89. The van der Waals surface area contributed by atoms with E-state index in [0.717, 1.165) is 24.1 Å². The minimum absolute atomic E-state index is 0.0855. The van der Waals surface area contributed by atoms with Crippen molar-refractivity contribution in [1.82, 2.24) is 15.1 Å². The lowest BCUT2D eigenvalue weighted by Crippen LogP contribution is -2.41. The van der Waals surface area contributed by atoms with Crippen molar-refractivity contribution >= 4 is 17.6 Å². The molecule has 166 valence electrons. The summed E-state index contributed by atoms with van der Waals surface area (Å²) in [7, 11) is 0. The Hall–Kier alpha value is -3.07. The fourth-order valence-corrected chi connectivity index (χ4v) is 3.40. The molecule has 1 heterocycles. The smallest absolute Gasteiger partial charge is 0.321 e. The third kappa shape index (κ3) is 6.45. The zero-order valence-electron chi connectivity index (χ0n) is 17.0. The zero-order chi connectivity index (χ0) is 22.2. The normalized spacial score (nSPS) is 14.7. The molecule has 6 nitrogen and oxygen atoms in total. The Kier molecular flexibility index (Phi) is 7.88. The van der Waals surface area contributed by atoms with Crippen LogP contribution in [0, 0.1) is 17.5 Å². The summed E-state index contributed by atoms with van der Waals surface area (Å²) in [6.07, 6.45) is 1.38. The van der Waals surface area contributed by atoms with E-state index in [4.69, 9.17) is 0 Å². The fourth-order valence-electron chi connectivity index (χ4n) is 3.40. The standard InChI is InChI=1S/C22H25F3N4O2/c23-17-7-8-18(21(25)20(17)24)27-22(31)29-12-4-11-28(13-14-29)15-19(30)26-10-9-16-5-2-1-3-6-16/h1-3,5-8H,4,9-15H2,(H,26,30)(H,27,31). The molecule has 2 aromatic rings. The van der Waals surface area contributed by atoms with Crippen molar-refractivity contribution < 1.29 is 22.8 Å². The molecule has 3 rings (SSSR count). The van der Waals surface area contributed by atoms with Gasteiger partial charge in [0.25, 0.3) is 0 Å². The highest BCUT2D eigenvalue weighted by Crippen LogP contribution is 2.20. The predicted molar refractivity (Wildman–Crippen MR) is 111 cm³/mol. The summed E-state index contributed by atoms with van der Waals surface area (Å²) in [5.41, 5.74) is 0.736. The number of carbonyl (C=O) groups excluding carboxylic acids is 2. The third-order valence-electron chi connectivity index (χ3n) is 5.10. The van der Waals surface area contributed by atoms with E-state index in [1.54, 1.807) is 0 Å². The molecule has 2 N–H and O–H groups in total. The van der Waals surface area contributed by atoms with Crippen LogP contribution in [0.4, 0.5) is 23.7 Å². The van der Waals surface area contributed by atoms with Crippen LogP contribution in [0.1, 0.15) is 12.0 Å². The molecular formula is C22H25F3N4O2. The van der Waals surface area contributed by atoms with Gasteiger partial charge in [0.15, 0.2) is 17.5 Å². The van der Waals surface area contributed by atoms with Gasteiger partial charge in [-0.2, -0.15) is 0 Å². The third-order valence-corrected chi connectivity index (χ3v) is 5.10. The van der Waals surface area contributed by atoms with Crippen LogP contribution in [0.15, 0.2) is 42.5 Å². The van der Waals surface area contributed by atoms with Crippen molar-refractivity contribution in [3.8, 4) is 0 Å². The highest BCUT2D eigenvalue weighted by atomic mass is 19.2. The number of anilines is 1. The van der Waals surface area contributed by atoms with Gasteiger partial charge in [-0.25, -0.2) is 18.0 Å². The van der Waals surface area contributed by atoms with Crippen LogP contribution in [-0.4, -0.2) is 61.0 Å². The van der Waals surface area contributed by atoms with Crippen LogP contribution in [-0.2, 0) is 11.2 Å². The summed E-state index contributed by atoms with van der Waals surface area (Å²) >= 11 is 0. The number of hydrogen-bond donors (Lipinski definition) is 2. The van der Waals surface area contributed by atoms with E-state index in [1.807, 2.05) is 35.2 Å². The largest absolute Gasteiger partial charge is 0.355 e. The van der Waals surface area contributed by atoms with Crippen LogP contribution in [0.25, 0.3) is 0 Å². The van der Waals surface area contributed by atoms with E-state index in [9.17, 15) is 22.8 Å². The molecule has 9 heteroatoms. The first-order valence-corrected chi connectivity index (χ1v) is 10.2. The minimum atomic E-state index is -1.63. The molecule has 2 aromatic carbocycles. The maximum absolute atomic E-state index is 13.8. The second-order valence-corrected chi connectivity index (χ2v) is 7.36. The second kappa shape index (κ2) is 10.8. The second-order valence-electron chi connectivity index (χ2n) is 7.36. The van der Waals surface area contributed by atoms with Gasteiger partial charge in [-0.1, -0.05) is 30.3 Å². The maximum atomic E-state index is 13.8. The minimum Gasteiger partial charge on any atom is -0.355 e. The molecule has 1 aliphatic rings. The van der Waals surface area contributed by atoms with Gasteiger partial charge in [-0.15, -0.1) is 0 Å². The number of halogens is 3. The number of benzene rings is 2. The highest BCUT2D eigenvalue weighted by Gasteiger charge is 2.22. The van der Waals surface area contributed by atoms with E-state index in [0.29, 0.717) is 39.1 Å². The molecule has 31 heavy (non-hydrogen) atoms. The van der Waals surface area contributed by atoms with E-state index < -0.39 is 29.2 Å². The molecule has 0 radical (unpaired) electrons. The lowest BCUT2D eigenvalue weighted by atomic mass is 10.1. The molecular weight excluding hydrogens is 409 g/mol. The summed E-state index contributed by atoms with van der Waals surface area (Å²) in [5, 5.41) is 5.18. The molecule has 1 saturated heterocycles. The molecule has 1 aliphatic heterocycles. The number of carbonyl (C=O) groups is 2.